The molecule has 1 aromatic rings. The van der Waals surface area contributed by atoms with Crippen molar-refractivity contribution in [2.45, 2.75) is 71.0 Å². The first-order chi connectivity index (χ1) is 12.1. The molecule has 1 aromatic heterocycles. The highest BCUT2D eigenvalue weighted by Gasteiger charge is 2.38. The van der Waals surface area contributed by atoms with Crippen LogP contribution >= 0.6 is 0 Å². The van der Waals surface area contributed by atoms with Gasteiger partial charge in [-0.2, -0.15) is 5.10 Å². The maximum Gasteiger partial charge on any atom is 0.245 e. The molecule has 1 aliphatic carbocycles. The Labute approximate surface area is 150 Å². The normalized spacial score (nSPS) is 21.5. The molecule has 1 aliphatic heterocycles. The fraction of sp³-hybridized carbons (Fsp3) is 0.737. The van der Waals surface area contributed by atoms with Gasteiger partial charge in [-0.25, -0.2) is 0 Å². The molecule has 2 heterocycles. The van der Waals surface area contributed by atoms with Gasteiger partial charge in [0, 0.05) is 44.4 Å². The summed E-state index contributed by atoms with van der Waals surface area (Å²) in [6.45, 7) is 4.14. The summed E-state index contributed by atoms with van der Waals surface area (Å²) in [6, 6.07) is -0.277. The molecule has 0 radical (unpaired) electrons. The number of hydrogen-bond donors (Lipinski definition) is 0. The molecule has 1 saturated carbocycles. The van der Waals surface area contributed by atoms with E-state index in [0.29, 0.717) is 6.54 Å². The van der Waals surface area contributed by atoms with E-state index in [4.69, 9.17) is 0 Å². The molecule has 138 valence electrons. The molecule has 0 unspecified atom stereocenters. The fourth-order valence-corrected chi connectivity index (χ4v) is 4.14. The van der Waals surface area contributed by atoms with E-state index in [9.17, 15) is 9.59 Å². The number of aryl methyl sites for hydroxylation is 1. The Balaban J connectivity index is 1.62. The lowest BCUT2D eigenvalue weighted by molar-refractivity contribution is -0.146. The van der Waals surface area contributed by atoms with Gasteiger partial charge in [-0.1, -0.05) is 19.3 Å². The maximum absolute atomic E-state index is 12.9. The first kappa shape index (κ1) is 18.0. The van der Waals surface area contributed by atoms with Crippen molar-refractivity contribution in [2.75, 3.05) is 13.6 Å². The highest BCUT2D eigenvalue weighted by Crippen LogP contribution is 2.29. The Kier molecular flexibility index (Phi) is 5.76. The van der Waals surface area contributed by atoms with Crippen LogP contribution in [-0.2, 0) is 22.7 Å². The number of carbonyl (C=O) groups is 2. The Morgan fingerprint density at radius 3 is 2.64 bits per heavy atom. The second-order valence-electron chi connectivity index (χ2n) is 7.42. The first-order valence-corrected chi connectivity index (χ1v) is 9.67. The zero-order valence-electron chi connectivity index (χ0n) is 15.5. The van der Waals surface area contributed by atoms with E-state index < -0.39 is 0 Å². The first-order valence-electron chi connectivity index (χ1n) is 9.67. The van der Waals surface area contributed by atoms with E-state index in [1.165, 1.54) is 6.42 Å². The number of aromatic nitrogens is 2. The fourth-order valence-electron chi connectivity index (χ4n) is 4.14. The van der Waals surface area contributed by atoms with E-state index in [0.717, 1.165) is 57.2 Å². The molecule has 6 heteroatoms. The smallest absolute Gasteiger partial charge is 0.245 e. The highest BCUT2D eigenvalue weighted by molar-refractivity contribution is 5.89. The maximum atomic E-state index is 12.9. The second kappa shape index (κ2) is 8.02. The van der Waals surface area contributed by atoms with Gasteiger partial charge in [-0.3, -0.25) is 14.3 Å². The lowest BCUT2D eigenvalue weighted by Crippen LogP contribution is -2.48. The zero-order valence-corrected chi connectivity index (χ0v) is 15.5. The Morgan fingerprint density at radius 2 is 1.96 bits per heavy atom. The monoisotopic (exact) mass is 346 g/mol. The van der Waals surface area contributed by atoms with Gasteiger partial charge in [0.05, 0.1) is 6.20 Å². The van der Waals surface area contributed by atoms with Crippen molar-refractivity contribution in [3.05, 3.63) is 18.0 Å². The van der Waals surface area contributed by atoms with Crippen molar-refractivity contribution in [1.29, 1.82) is 0 Å². The minimum Gasteiger partial charge on any atom is -0.340 e. The van der Waals surface area contributed by atoms with Crippen molar-refractivity contribution in [2.24, 2.45) is 5.92 Å². The van der Waals surface area contributed by atoms with Crippen molar-refractivity contribution in [3.8, 4) is 0 Å². The molecule has 1 atom stereocenters. The minimum atomic E-state index is -0.277. The van der Waals surface area contributed by atoms with Gasteiger partial charge < -0.3 is 9.80 Å². The molecule has 2 fully saturated rings. The summed E-state index contributed by atoms with van der Waals surface area (Å²) < 4.78 is 1.86. The SMILES string of the molecule is CCn1cc(CN(C)C(=O)[C@H]2CCCN2C(=O)C2CCCCC2)cn1. The third-order valence-corrected chi connectivity index (χ3v) is 5.58. The van der Waals surface area contributed by atoms with Crippen molar-refractivity contribution in [3.63, 3.8) is 0 Å². The number of carbonyl (C=O) groups excluding carboxylic acids is 2. The van der Waals surface area contributed by atoms with Crippen LogP contribution in [0.15, 0.2) is 12.4 Å². The summed E-state index contributed by atoms with van der Waals surface area (Å²) in [5, 5.41) is 4.26. The van der Waals surface area contributed by atoms with Crippen molar-refractivity contribution in [1.82, 2.24) is 19.6 Å². The molecule has 0 spiro atoms. The molecule has 0 aromatic carbocycles. The summed E-state index contributed by atoms with van der Waals surface area (Å²) >= 11 is 0. The Bertz CT molecular complexity index is 606. The molecule has 25 heavy (non-hydrogen) atoms. The summed E-state index contributed by atoms with van der Waals surface area (Å²) in [4.78, 5) is 29.4. The molecule has 0 bridgehead atoms. The number of hydrogen-bond acceptors (Lipinski definition) is 3. The lowest BCUT2D eigenvalue weighted by Gasteiger charge is -2.32. The molecule has 1 saturated heterocycles. The average Bonchev–Trinajstić information content (AvgIpc) is 3.30. The molecular formula is C19H30N4O2. The van der Waals surface area contributed by atoms with Crippen LogP contribution in [0.4, 0.5) is 0 Å². The van der Waals surface area contributed by atoms with Crippen LogP contribution < -0.4 is 0 Å². The molecule has 2 aliphatic rings. The van der Waals surface area contributed by atoms with Gasteiger partial charge in [0.2, 0.25) is 11.8 Å². The Hall–Kier alpha value is -1.85. The van der Waals surface area contributed by atoms with Gasteiger partial charge in [-0.15, -0.1) is 0 Å². The van der Waals surface area contributed by atoms with Crippen molar-refractivity contribution < 1.29 is 9.59 Å². The van der Waals surface area contributed by atoms with Crippen LogP contribution in [0.2, 0.25) is 0 Å². The van der Waals surface area contributed by atoms with Gasteiger partial charge in [0.15, 0.2) is 0 Å². The van der Waals surface area contributed by atoms with Crippen LogP contribution in [0.25, 0.3) is 0 Å². The van der Waals surface area contributed by atoms with E-state index in [1.54, 1.807) is 4.90 Å². The van der Waals surface area contributed by atoms with Crippen molar-refractivity contribution >= 4 is 11.8 Å². The number of likely N-dealkylation sites (N-methyl/N-ethyl adjacent to an activating group) is 1. The number of rotatable bonds is 5. The zero-order chi connectivity index (χ0) is 17.8. The van der Waals surface area contributed by atoms with Crippen LogP contribution in [0, 0.1) is 5.92 Å². The topological polar surface area (TPSA) is 58.4 Å². The molecular weight excluding hydrogens is 316 g/mol. The average molecular weight is 346 g/mol. The summed E-state index contributed by atoms with van der Waals surface area (Å²) in [5.41, 5.74) is 1.03. The molecule has 0 N–H and O–H groups in total. The van der Waals surface area contributed by atoms with Crippen LogP contribution in [0.5, 0.6) is 0 Å². The summed E-state index contributed by atoms with van der Waals surface area (Å²) in [5.74, 6) is 0.406. The minimum absolute atomic E-state index is 0.0610. The van der Waals surface area contributed by atoms with Crippen LogP contribution in [-0.4, -0.2) is 51.0 Å². The number of likely N-dealkylation sites (tertiary alicyclic amines) is 1. The largest absolute Gasteiger partial charge is 0.340 e. The second-order valence-corrected chi connectivity index (χ2v) is 7.42. The molecule has 6 nitrogen and oxygen atoms in total. The quantitative estimate of drug-likeness (QED) is 0.823. The van der Waals surface area contributed by atoms with Gasteiger partial charge in [-0.05, 0) is 32.6 Å². The highest BCUT2D eigenvalue weighted by atomic mass is 16.2. The Morgan fingerprint density at radius 1 is 1.20 bits per heavy atom. The predicted octanol–water partition coefficient (Wildman–Crippen LogP) is 2.43. The van der Waals surface area contributed by atoms with Crippen LogP contribution in [0.3, 0.4) is 0 Å². The van der Waals surface area contributed by atoms with Gasteiger partial charge >= 0.3 is 0 Å². The number of amides is 2. The third-order valence-electron chi connectivity index (χ3n) is 5.58. The number of nitrogens with zero attached hydrogens (tertiary/aromatic N) is 4. The third kappa shape index (κ3) is 4.05. The molecule has 2 amide bonds. The van der Waals surface area contributed by atoms with Gasteiger partial charge in [0.1, 0.15) is 6.04 Å². The summed E-state index contributed by atoms with van der Waals surface area (Å²) in [6.07, 6.45) is 11.0. The van der Waals surface area contributed by atoms with Crippen LogP contribution in [0.1, 0.15) is 57.4 Å². The van der Waals surface area contributed by atoms with Gasteiger partial charge in [0.25, 0.3) is 0 Å². The summed E-state index contributed by atoms with van der Waals surface area (Å²) in [7, 11) is 1.83. The van der Waals surface area contributed by atoms with E-state index in [2.05, 4.69) is 5.10 Å². The standard InChI is InChI=1S/C19H30N4O2/c1-3-22-14-15(12-20-22)13-21(2)19(25)17-10-7-11-23(17)18(24)16-8-5-4-6-9-16/h12,14,16-17H,3-11,13H2,1-2H3/t17-/m1/s1. The van der Waals surface area contributed by atoms with E-state index in [-0.39, 0.29) is 23.8 Å². The predicted molar refractivity (Wildman–Crippen MR) is 95.7 cm³/mol. The van der Waals surface area contributed by atoms with E-state index >= 15 is 0 Å². The molecule has 3 rings (SSSR count). The van der Waals surface area contributed by atoms with E-state index in [1.807, 2.05) is 35.9 Å². The lowest BCUT2D eigenvalue weighted by atomic mass is 9.88.